The van der Waals surface area contributed by atoms with E-state index in [-0.39, 0.29) is 0 Å². The molecule has 3 aromatic heterocycles. The number of hydrogen-bond donors (Lipinski definition) is 0. The first-order valence-corrected chi connectivity index (χ1v) is 20.2. The van der Waals surface area contributed by atoms with Crippen LogP contribution in [0.15, 0.2) is 223 Å². The zero-order valence-electron chi connectivity index (χ0n) is 32.1. The summed E-state index contributed by atoms with van der Waals surface area (Å²) in [6.07, 6.45) is 0. The second kappa shape index (κ2) is 13.4. The minimum absolute atomic E-state index is 0.865. The van der Waals surface area contributed by atoms with Gasteiger partial charge >= 0.3 is 0 Å². The molecule has 0 amide bonds. The molecule has 0 saturated carbocycles. The fourth-order valence-corrected chi connectivity index (χ4v) is 9.34. The van der Waals surface area contributed by atoms with Crippen molar-refractivity contribution in [1.29, 1.82) is 0 Å². The summed E-state index contributed by atoms with van der Waals surface area (Å²) in [7, 11) is 0. The Hall–Kier alpha value is -7.88. The molecule has 3 nitrogen and oxygen atoms in total. The normalized spacial score (nSPS) is 11.7. The number of furan rings is 1. The molecule has 0 aliphatic rings. The second-order valence-corrected chi connectivity index (χ2v) is 15.3. The van der Waals surface area contributed by atoms with Gasteiger partial charge in [0.2, 0.25) is 0 Å². The number of fused-ring (bicyclic) bond motifs is 8. The summed E-state index contributed by atoms with van der Waals surface area (Å²) in [6, 6.07) is 78.7. The monoisotopic (exact) mass is 752 g/mol. The van der Waals surface area contributed by atoms with Crippen LogP contribution >= 0.6 is 0 Å². The van der Waals surface area contributed by atoms with Crippen molar-refractivity contribution in [2.24, 2.45) is 0 Å². The van der Waals surface area contributed by atoms with Crippen LogP contribution in [0.25, 0.3) is 93.4 Å². The second-order valence-electron chi connectivity index (χ2n) is 15.3. The maximum absolute atomic E-state index is 6.43. The van der Waals surface area contributed by atoms with Gasteiger partial charge in [-0.05, 0) is 93.0 Å². The van der Waals surface area contributed by atoms with E-state index in [9.17, 15) is 0 Å². The van der Waals surface area contributed by atoms with Crippen LogP contribution in [0.1, 0.15) is 0 Å². The number of pyridine rings is 1. The Morgan fingerprint density at radius 1 is 0.373 bits per heavy atom. The molecule has 0 aliphatic heterocycles. The number of hydrogen-bond acceptors (Lipinski definition) is 2. The molecule has 3 heteroatoms. The standard InChI is InChI=1S/C56H36N2O/c1-2-15-39(16-3-1)54-47-21-8-10-24-49(47)58-51(54)36-41-17-5-7-20-46(41)56(58)40-30-34-43(35-31-40)57(50-25-13-27-53-55(50)48-22-9-11-26-52(48)59-53)42-32-28-38(29-33-42)45-23-12-18-37-14-4-6-19-44(37)45/h1-36H. The number of anilines is 3. The molecule has 0 aliphatic carbocycles. The van der Waals surface area contributed by atoms with Gasteiger partial charge in [-0.1, -0.05) is 164 Å². The van der Waals surface area contributed by atoms with Crippen LogP contribution in [0, 0.1) is 0 Å². The fourth-order valence-electron chi connectivity index (χ4n) is 9.34. The Kier molecular flexibility index (Phi) is 7.54. The Morgan fingerprint density at radius 2 is 0.966 bits per heavy atom. The van der Waals surface area contributed by atoms with E-state index in [0.717, 1.165) is 44.6 Å². The highest BCUT2D eigenvalue weighted by atomic mass is 16.3. The maximum atomic E-state index is 6.43. The van der Waals surface area contributed by atoms with Crippen molar-refractivity contribution in [2.75, 3.05) is 4.90 Å². The molecule has 3 heterocycles. The zero-order chi connectivity index (χ0) is 38.9. The van der Waals surface area contributed by atoms with Crippen LogP contribution < -0.4 is 4.90 Å². The molecule has 276 valence electrons. The number of para-hydroxylation sites is 2. The number of aromatic nitrogens is 1. The highest BCUT2D eigenvalue weighted by molar-refractivity contribution is 6.14. The zero-order valence-corrected chi connectivity index (χ0v) is 32.1. The lowest BCUT2D eigenvalue weighted by Crippen LogP contribution is -2.10. The summed E-state index contributed by atoms with van der Waals surface area (Å²) < 4.78 is 8.90. The van der Waals surface area contributed by atoms with Gasteiger partial charge in [0.05, 0.1) is 27.8 Å². The summed E-state index contributed by atoms with van der Waals surface area (Å²) >= 11 is 0. The van der Waals surface area contributed by atoms with E-state index < -0.39 is 0 Å². The predicted molar refractivity (Wildman–Crippen MR) is 248 cm³/mol. The van der Waals surface area contributed by atoms with Gasteiger partial charge in [0.1, 0.15) is 11.2 Å². The highest BCUT2D eigenvalue weighted by Crippen LogP contribution is 2.45. The summed E-state index contributed by atoms with van der Waals surface area (Å²) in [6.45, 7) is 0. The van der Waals surface area contributed by atoms with E-state index >= 15 is 0 Å². The summed E-state index contributed by atoms with van der Waals surface area (Å²) in [5.74, 6) is 0. The molecule has 0 fully saturated rings. The lowest BCUT2D eigenvalue weighted by Gasteiger charge is -2.27. The van der Waals surface area contributed by atoms with Crippen LogP contribution in [0.4, 0.5) is 17.1 Å². The quantitative estimate of drug-likeness (QED) is 0.169. The SMILES string of the molecule is c1ccc(-c2c3ccccc3n3c(-c4ccc(N(c5ccc(-c6cccc7ccccc67)cc5)c5cccc6oc7ccccc7c56)cc4)c4ccccc4cc23)cc1. The first-order valence-electron chi connectivity index (χ1n) is 20.2. The van der Waals surface area contributed by atoms with Crippen molar-refractivity contribution < 1.29 is 4.42 Å². The van der Waals surface area contributed by atoms with Gasteiger partial charge < -0.3 is 13.7 Å². The van der Waals surface area contributed by atoms with E-state index in [4.69, 9.17) is 4.42 Å². The minimum atomic E-state index is 0.865. The van der Waals surface area contributed by atoms with Crippen molar-refractivity contribution in [3.63, 3.8) is 0 Å². The van der Waals surface area contributed by atoms with Crippen molar-refractivity contribution in [2.45, 2.75) is 0 Å². The van der Waals surface area contributed by atoms with Crippen LogP contribution in [-0.2, 0) is 0 Å². The van der Waals surface area contributed by atoms with E-state index in [2.05, 4.69) is 222 Å². The number of rotatable bonds is 6. The molecule has 0 saturated heterocycles. The predicted octanol–water partition coefficient (Wildman–Crippen LogP) is 15.8. The van der Waals surface area contributed by atoms with Crippen LogP contribution in [0.2, 0.25) is 0 Å². The third-order valence-electron chi connectivity index (χ3n) is 12.0. The largest absolute Gasteiger partial charge is 0.456 e. The third kappa shape index (κ3) is 5.29. The van der Waals surface area contributed by atoms with E-state index in [1.54, 1.807) is 0 Å². The first-order chi connectivity index (χ1) is 29.3. The summed E-state index contributed by atoms with van der Waals surface area (Å²) in [4.78, 5) is 2.37. The third-order valence-corrected chi connectivity index (χ3v) is 12.0. The van der Waals surface area contributed by atoms with Gasteiger partial charge in [-0.3, -0.25) is 0 Å². The maximum Gasteiger partial charge on any atom is 0.137 e. The topological polar surface area (TPSA) is 20.8 Å². The van der Waals surface area contributed by atoms with Crippen LogP contribution in [0.5, 0.6) is 0 Å². The van der Waals surface area contributed by atoms with Crippen molar-refractivity contribution in [1.82, 2.24) is 4.40 Å². The van der Waals surface area contributed by atoms with Gasteiger partial charge in [-0.15, -0.1) is 0 Å². The molecular formula is C56H36N2O. The van der Waals surface area contributed by atoms with Gasteiger partial charge in [0.25, 0.3) is 0 Å². The molecule has 59 heavy (non-hydrogen) atoms. The smallest absolute Gasteiger partial charge is 0.137 e. The lowest BCUT2D eigenvalue weighted by atomic mass is 9.98. The molecular weight excluding hydrogens is 717 g/mol. The van der Waals surface area contributed by atoms with Crippen molar-refractivity contribution in [3.8, 4) is 33.5 Å². The number of benzene rings is 9. The molecule has 0 N–H and O–H groups in total. The summed E-state index contributed by atoms with van der Waals surface area (Å²) in [5.41, 5.74) is 14.5. The lowest BCUT2D eigenvalue weighted by molar-refractivity contribution is 0.669. The molecule has 0 unspecified atom stereocenters. The molecule has 12 rings (SSSR count). The first kappa shape index (κ1) is 33.3. The molecule has 12 aromatic rings. The minimum Gasteiger partial charge on any atom is -0.456 e. The van der Waals surface area contributed by atoms with Crippen molar-refractivity contribution in [3.05, 3.63) is 218 Å². The molecule has 0 atom stereocenters. The van der Waals surface area contributed by atoms with E-state index in [1.807, 2.05) is 6.07 Å². The summed E-state index contributed by atoms with van der Waals surface area (Å²) in [5, 5.41) is 8.34. The van der Waals surface area contributed by atoms with Crippen molar-refractivity contribution >= 4 is 77.0 Å². The average molecular weight is 753 g/mol. The fraction of sp³-hybridized carbons (Fsp3) is 0. The van der Waals surface area contributed by atoms with E-state index in [1.165, 1.54) is 65.9 Å². The van der Waals surface area contributed by atoms with E-state index in [0.29, 0.717) is 0 Å². The molecule has 0 radical (unpaired) electrons. The van der Waals surface area contributed by atoms with Gasteiger partial charge in [-0.2, -0.15) is 0 Å². The van der Waals surface area contributed by atoms with Gasteiger partial charge in [0.15, 0.2) is 0 Å². The molecule has 9 aromatic carbocycles. The Bertz CT molecular complexity index is 3540. The van der Waals surface area contributed by atoms with Crippen LogP contribution in [-0.4, -0.2) is 4.40 Å². The average Bonchev–Trinajstić information content (AvgIpc) is 3.85. The Morgan fingerprint density at radius 3 is 1.76 bits per heavy atom. The Labute approximate surface area is 341 Å². The Balaban J connectivity index is 1.06. The molecule has 0 spiro atoms. The highest BCUT2D eigenvalue weighted by Gasteiger charge is 2.22. The van der Waals surface area contributed by atoms with Gasteiger partial charge in [0, 0.05) is 33.1 Å². The van der Waals surface area contributed by atoms with Gasteiger partial charge in [-0.25, -0.2) is 0 Å². The van der Waals surface area contributed by atoms with Crippen LogP contribution in [0.3, 0.4) is 0 Å². The number of nitrogens with zero attached hydrogens (tertiary/aromatic N) is 2. The molecule has 0 bridgehead atoms.